The number of anilines is 2. The quantitative estimate of drug-likeness (QED) is 0.845. The highest BCUT2D eigenvalue weighted by Crippen LogP contribution is 2.14. The molecule has 2 heteroatoms. The summed E-state index contributed by atoms with van der Waals surface area (Å²) in [4.78, 5) is 0. The van der Waals surface area contributed by atoms with Crippen molar-refractivity contribution in [2.45, 2.75) is 13.8 Å². The van der Waals surface area contributed by atoms with Crippen molar-refractivity contribution in [2.24, 2.45) is 0 Å². The normalized spacial score (nSPS) is 9.22. The second kappa shape index (κ2) is 9.25. The van der Waals surface area contributed by atoms with Gasteiger partial charge in [0, 0.05) is 11.4 Å². The molecule has 96 valence electrons. The Bertz CT molecular complexity index is 358. The molecule has 0 heterocycles. The molecule has 2 N–H and O–H groups in total. The lowest BCUT2D eigenvalue weighted by molar-refractivity contribution is 0.762. The Morgan fingerprint density at radius 2 is 1.06 bits per heavy atom. The highest BCUT2D eigenvalue weighted by molar-refractivity contribution is 5.58. The van der Waals surface area contributed by atoms with Crippen molar-refractivity contribution in [3.8, 4) is 0 Å². The van der Waals surface area contributed by atoms with Crippen LogP contribution in [0.1, 0.15) is 13.8 Å². The van der Waals surface area contributed by atoms with Gasteiger partial charge < -0.3 is 10.6 Å². The summed E-state index contributed by atoms with van der Waals surface area (Å²) in [6.45, 7) is 6.39. The molecule has 2 aromatic carbocycles. The highest BCUT2D eigenvalue weighted by atomic mass is 14.9. The van der Waals surface area contributed by atoms with Crippen molar-refractivity contribution in [3.05, 3.63) is 60.7 Å². The van der Waals surface area contributed by atoms with Crippen LogP contribution in [0.5, 0.6) is 0 Å². The fourth-order valence-corrected chi connectivity index (χ4v) is 1.46. The van der Waals surface area contributed by atoms with Crippen LogP contribution in [0.15, 0.2) is 60.7 Å². The second-order valence-electron chi connectivity index (χ2n) is 3.81. The van der Waals surface area contributed by atoms with Gasteiger partial charge in [-0.1, -0.05) is 50.2 Å². The Morgan fingerprint density at radius 1 is 0.667 bits per heavy atom. The first-order valence-corrected chi connectivity index (χ1v) is 6.44. The van der Waals surface area contributed by atoms with Crippen LogP contribution >= 0.6 is 0 Å². The molecule has 2 aromatic rings. The number of para-hydroxylation sites is 2. The molecular weight excluding hydrogens is 220 g/mol. The molecule has 0 aromatic heterocycles. The van der Waals surface area contributed by atoms with E-state index in [-0.39, 0.29) is 0 Å². The number of hydrogen-bond donors (Lipinski definition) is 2. The topological polar surface area (TPSA) is 24.1 Å². The molecule has 0 aliphatic rings. The molecular formula is C16H22N2. The van der Waals surface area contributed by atoms with Crippen molar-refractivity contribution >= 4 is 11.4 Å². The van der Waals surface area contributed by atoms with Gasteiger partial charge in [-0.25, -0.2) is 0 Å². The zero-order valence-corrected chi connectivity index (χ0v) is 11.2. The fraction of sp³-hybridized carbons (Fsp3) is 0.250. The van der Waals surface area contributed by atoms with E-state index in [0.29, 0.717) is 0 Å². The first kappa shape index (κ1) is 14.3. The SMILES string of the molecule is CCNCC.c1ccc(Nc2ccccc2)cc1. The lowest BCUT2D eigenvalue weighted by atomic mass is 10.3. The Kier molecular flexibility index (Phi) is 7.33. The minimum Gasteiger partial charge on any atom is -0.356 e. The van der Waals surface area contributed by atoms with Gasteiger partial charge in [-0.15, -0.1) is 0 Å². The van der Waals surface area contributed by atoms with Crippen LogP contribution in [0.4, 0.5) is 11.4 Å². The third-order valence-electron chi connectivity index (χ3n) is 2.34. The molecule has 0 saturated carbocycles. The van der Waals surface area contributed by atoms with E-state index in [2.05, 4.69) is 24.5 Å². The molecule has 0 atom stereocenters. The van der Waals surface area contributed by atoms with Crippen molar-refractivity contribution in [2.75, 3.05) is 18.4 Å². The summed E-state index contributed by atoms with van der Waals surface area (Å²) in [5, 5.41) is 6.42. The zero-order chi connectivity index (χ0) is 13.1. The van der Waals surface area contributed by atoms with Crippen molar-refractivity contribution in [3.63, 3.8) is 0 Å². The van der Waals surface area contributed by atoms with E-state index in [1.54, 1.807) is 0 Å². The van der Waals surface area contributed by atoms with Crippen LogP contribution in [-0.4, -0.2) is 13.1 Å². The van der Waals surface area contributed by atoms with Crippen LogP contribution in [0.3, 0.4) is 0 Å². The fourth-order valence-electron chi connectivity index (χ4n) is 1.46. The number of rotatable bonds is 4. The van der Waals surface area contributed by atoms with Crippen LogP contribution in [0, 0.1) is 0 Å². The van der Waals surface area contributed by atoms with E-state index >= 15 is 0 Å². The first-order chi connectivity index (χ1) is 8.86. The van der Waals surface area contributed by atoms with E-state index in [0.717, 1.165) is 24.5 Å². The smallest absolute Gasteiger partial charge is 0.0384 e. The molecule has 18 heavy (non-hydrogen) atoms. The van der Waals surface area contributed by atoms with Gasteiger partial charge >= 0.3 is 0 Å². The average Bonchev–Trinajstić information content (AvgIpc) is 2.43. The summed E-state index contributed by atoms with van der Waals surface area (Å²) in [7, 11) is 0. The molecule has 0 saturated heterocycles. The summed E-state index contributed by atoms with van der Waals surface area (Å²) < 4.78 is 0. The third-order valence-corrected chi connectivity index (χ3v) is 2.34. The van der Waals surface area contributed by atoms with E-state index in [1.165, 1.54) is 0 Å². The van der Waals surface area contributed by atoms with E-state index in [4.69, 9.17) is 0 Å². The van der Waals surface area contributed by atoms with Crippen LogP contribution in [0.2, 0.25) is 0 Å². The zero-order valence-electron chi connectivity index (χ0n) is 11.2. The Labute approximate surface area is 110 Å². The highest BCUT2D eigenvalue weighted by Gasteiger charge is 1.89. The maximum absolute atomic E-state index is 3.30. The van der Waals surface area contributed by atoms with Crippen molar-refractivity contribution < 1.29 is 0 Å². The lowest BCUT2D eigenvalue weighted by Crippen LogP contribution is -2.09. The monoisotopic (exact) mass is 242 g/mol. The molecule has 0 aliphatic heterocycles. The molecule has 0 spiro atoms. The van der Waals surface area contributed by atoms with Crippen LogP contribution < -0.4 is 10.6 Å². The number of benzene rings is 2. The maximum atomic E-state index is 3.30. The summed E-state index contributed by atoms with van der Waals surface area (Å²) in [6, 6.07) is 20.3. The minimum atomic E-state index is 1.09. The van der Waals surface area contributed by atoms with Gasteiger partial charge in [-0.05, 0) is 37.4 Å². The van der Waals surface area contributed by atoms with E-state index in [1.807, 2.05) is 60.7 Å². The summed E-state index contributed by atoms with van der Waals surface area (Å²) in [5.74, 6) is 0. The van der Waals surface area contributed by atoms with Crippen molar-refractivity contribution in [1.82, 2.24) is 5.32 Å². The van der Waals surface area contributed by atoms with Crippen LogP contribution in [0.25, 0.3) is 0 Å². The Balaban J connectivity index is 0.000000280. The summed E-state index contributed by atoms with van der Waals surface area (Å²) >= 11 is 0. The number of nitrogens with one attached hydrogen (secondary N) is 2. The average molecular weight is 242 g/mol. The molecule has 2 rings (SSSR count). The van der Waals surface area contributed by atoms with Gasteiger partial charge in [0.1, 0.15) is 0 Å². The Morgan fingerprint density at radius 3 is 1.33 bits per heavy atom. The summed E-state index contributed by atoms with van der Waals surface area (Å²) in [6.07, 6.45) is 0. The van der Waals surface area contributed by atoms with Gasteiger partial charge in [0.25, 0.3) is 0 Å². The lowest BCUT2D eigenvalue weighted by Gasteiger charge is -2.04. The third kappa shape index (κ3) is 6.06. The second-order valence-corrected chi connectivity index (χ2v) is 3.81. The standard InChI is InChI=1S/C12H11N.C4H11N/c1-3-7-11(8-4-1)13-12-9-5-2-6-10-12;1-3-5-4-2/h1-10,13H;5H,3-4H2,1-2H3. The van der Waals surface area contributed by atoms with Gasteiger partial charge in [-0.3, -0.25) is 0 Å². The van der Waals surface area contributed by atoms with Gasteiger partial charge in [0.15, 0.2) is 0 Å². The molecule has 0 aliphatic carbocycles. The van der Waals surface area contributed by atoms with Crippen molar-refractivity contribution in [1.29, 1.82) is 0 Å². The number of hydrogen-bond acceptors (Lipinski definition) is 2. The summed E-state index contributed by atoms with van der Waals surface area (Å²) in [5.41, 5.74) is 2.24. The van der Waals surface area contributed by atoms with Gasteiger partial charge in [-0.2, -0.15) is 0 Å². The maximum Gasteiger partial charge on any atom is 0.0384 e. The minimum absolute atomic E-state index is 1.09. The largest absolute Gasteiger partial charge is 0.356 e. The predicted octanol–water partition coefficient (Wildman–Crippen LogP) is 4.05. The van der Waals surface area contributed by atoms with E-state index in [9.17, 15) is 0 Å². The van der Waals surface area contributed by atoms with Gasteiger partial charge in [0.05, 0.1) is 0 Å². The van der Waals surface area contributed by atoms with E-state index < -0.39 is 0 Å². The van der Waals surface area contributed by atoms with Gasteiger partial charge in [0.2, 0.25) is 0 Å². The van der Waals surface area contributed by atoms with Crippen LogP contribution in [-0.2, 0) is 0 Å². The molecule has 0 fully saturated rings. The molecule has 0 amide bonds. The molecule has 0 unspecified atom stereocenters. The Hall–Kier alpha value is -1.80. The molecule has 2 nitrogen and oxygen atoms in total. The molecule has 0 bridgehead atoms. The predicted molar refractivity (Wildman–Crippen MR) is 80.4 cm³/mol. The molecule has 0 radical (unpaired) electrons. The first-order valence-electron chi connectivity index (χ1n) is 6.44.